The second kappa shape index (κ2) is 5.81. The average molecular weight is 350 g/mol. The maximum atomic E-state index is 12.8. The van der Waals surface area contributed by atoms with Gasteiger partial charge in [-0.25, -0.2) is 9.67 Å². The predicted molar refractivity (Wildman–Crippen MR) is 97.6 cm³/mol. The van der Waals surface area contributed by atoms with Crippen LogP contribution in [0.2, 0.25) is 0 Å². The van der Waals surface area contributed by atoms with Crippen LogP contribution < -0.4 is 5.32 Å². The van der Waals surface area contributed by atoms with Gasteiger partial charge in [-0.1, -0.05) is 18.2 Å². The molecule has 5 nitrogen and oxygen atoms in total. The fraction of sp³-hybridized carbons (Fsp3) is 0.316. The fourth-order valence-corrected chi connectivity index (χ4v) is 4.51. The SMILES string of the molecule is O=C(Nc1nc2c(s1)CCC2)c1cnn(-c2ccccc2)c1C1CC1. The number of thiazole rings is 1. The van der Waals surface area contributed by atoms with Crippen molar-refractivity contribution >= 4 is 22.4 Å². The summed E-state index contributed by atoms with van der Waals surface area (Å²) in [5, 5.41) is 8.20. The molecule has 2 aromatic heterocycles. The highest BCUT2D eigenvalue weighted by atomic mass is 32.1. The Kier molecular flexibility index (Phi) is 3.45. The minimum absolute atomic E-state index is 0.100. The first kappa shape index (κ1) is 14.8. The van der Waals surface area contributed by atoms with Crippen molar-refractivity contribution in [1.82, 2.24) is 14.8 Å². The van der Waals surface area contributed by atoms with Gasteiger partial charge in [0.25, 0.3) is 5.91 Å². The number of anilines is 1. The van der Waals surface area contributed by atoms with E-state index in [1.54, 1.807) is 17.5 Å². The van der Waals surface area contributed by atoms with Gasteiger partial charge in [-0.2, -0.15) is 5.10 Å². The maximum absolute atomic E-state index is 12.8. The number of aryl methyl sites for hydroxylation is 2. The number of aromatic nitrogens is 3. The molecule has 5 rings (SSSR count). The first-order chi connectivity index (χ1) is 12.3. The third-order valence-corrected chi connectivity index (χ3v) is 5.90. The first-order valence-electron chi connectivity index (χ1n) is 8.73. The van der Waals surface area contributed by atoms with Crippen LogP contribution in [0.15, 0.2) is 36.5 Å². The van der Waals surface area contributed by atoms with Gasteiger partial charge in [-0.15, -0.1) is 11.3 Å². The number of carbonyl (C=O) groups excluding carboxylic acids is 1. The van der Waals surface area contributed by atoms with Gasteiger partial charge in [0.15, 0.2) is 5.13 Å². The molecular formula is C19H18N4OS. The van der Waals surface area contributed by atoms with Crippen LogP contribution in [-0.4, -0.2) is 20.7 Å². The minimum Gasteiger partial charge on any atom is -0.298 e. The van der Waals surface area contributed by atoms with Crippen LogP contribution in [0.3, 0.4) is 0 Å². The van der Waals surface area contributed by atoms with E-state index in [0.717, 1.165) is 42.8 Å². The highest BCUT2D eigenvalue weighted by Crippen LogP contribution is 2.42. The van der Waals surface area contributed by atoms with Crippen LogP contribution in [0, 0.1) is 0 Å². The van der Waals surface area contributed by atoms with Crippen molar-refractivity contribution in [3.63, 3.8) is 0 Å². The van der Waals surface area contributed by atoms with E-state index >= 15 is 0 Å². The number of nitrogens with one attached hydrogen (secondary N) is 1. The number of rotatable bonds is 4. The predicted octanol–water partition coefficient (Wildman–Crippen LogP) is 3.95. The molecule has 3 aromatic rings. The quantitative estimate of drug-likeness (QED) is 0.775. The zero-order valence-electron chi connectivity index (χ0n) is 13.7. The van der Waals surface area contributed by atoms with Crippen molar-refractivity contribution in [3.05, 3.63) is 58.4 Å². The smallest absolute Gasteiger partial charge is 0.260 e. The van der Waals surface area contributed by atoms with E-state index in [9.17, 15) is 4.79 Å². The second-order valence-electron chi connectivity index (χ2n) is 6.66. The molecule has 0 aliphatic heterocycles. The molecule has 2 aliphatic carbocycles. The number of carbonyl (C=O) groups is 1. The van der Waals surface area contributed by atoms with Crippen molar-refractivity contribution in [2.45, 2.75) is 38.0 Å². The van der Waals surface area contributed by atoms with Crippen molar-refractivity contribution < 1.29 is 4.79 Å². The molecule has 2 aliphatic rings. The van der Waals surface area contributed by atoms with Crippen LogP contribution in [0.5, 0.6) is 0 Å². The number of hydrogen-bond acceptors (Lipinski definition) is 4. The maximum Gasteiger partial charge on any atom is 0.260 e. The molecule has 2 heterocycles. The summed E-state index contributed by atoms with van der Waals surface area (Å²) in [5.74, 6) is 0.321. The third-order valence-electron chi connectivity index (χ3n) is 4.83. The second-order valence-corrected chi connectivity index (χ2v) is 7.75. The Labute approximate surface area is 149 Å². The number of amides is 1. The Hall–Kier alpha value is -2.47. The summed E-state index contributed by atoms with van der Waals surface area (Å²) in [4.78, 5) is 18.7. The summed E-state index contributed by atoms with van der Waals surface area (Å²) in [7, 11) is 0. The summed E-state index contributed by atoms with van der Waals surface area (Å²) in [6.45, 7) is 0. The van der Waals surface area contributed by atoms with E-state index in [1.807, 2.05) is 35.0 Å². The summed E-state index contributed by atoms with van der Waals surface area (Å²) >= 11 is 1.61. The van der Waals surface area contributed by atoms with Gasteiger partial charge < -0.3 is 0 Å². The van der Waals surface area contributed by atoms with Gasteiger partial charge in [-0.05, 0) is 44.2 Å². The lowest BCUT2D eigenvalue weighted by atomic mass is 10.1. The highest BCUT2D eigenvalue weighted by Gasteiger charge is 2.33. The lowest BCUT2D eigenvalue weighted by molar-refractivity contribution is 0.102. The van der Waals surface area contributed by atoms with Crippen LogP contribution in [-0.2, 0) is 12.8 Å². The molecule has 0 unspecified atom stereocenters. The van der Waals surface area contributed by atoms with Gasteiger partial charge in [-0.3, -0.25) is 10.1 Å². The Bertz CT molecular complexity index is 918. The molecule has 1 amide bonds. The molecule has 0 bridgehead atoms. The van der Waals surface area contributed by atoms with Crippen LogP contribution in [0.25, 0.3) is 5.69 Å². The van der Waals surface area contributed by atoms with E-state index in [-0.39, 0.29) is 5.91 Å². The molecule has 0 radical (unpaired) electrons. The van der Waals surface area contributed by atoms with Crippen molar-refractivity contribution in [3.8, 4) is 5.69 Å². The number of nitrogens with zero attached hydrogens (tertiary/aromatic N) is 3. The fourth-order valence-electron chi connectivity index (χ4n) is 3.47. The highest BCUT2D eigenvalue weighted by molar-refractivity contribution is 7.16. The topological polar surface area (TPSA) is 59.8 Å². The van der Waals surface area contributed by atoms with Gasteiger partial charge in [0, 0.05) is 10.8 Å². The summed E-state index contributed by atoms with van der Waals surface area (Å²) in [5.41, 5.74) is 3.84. The molecule has 1 aromatic carbocycles. The summed E-state index contributed by atoms with van der Waals surface area (Å²) in [6.07, 6.45) is 7.22. The van der Waals surface area contributed by atoms with E-state index < -0.39 is 0 Å². The van der Waals surface area contributed by atoms with E-state index in [4.69, 9.17) is 0 Å². The molecule has 1 fully saturated rings. The summed E-state index contributed by atoms with van der Waals surface area (Å²) < 4.78 is 1.91. The molecular weight excluding hydrogens is 332 g/mol. The van der Waals surface area contributed by atoms with E-state index in [0.29, 0.717) is 16.6 Å². The van der Waals surface area contributed by atoms with Gasteiger partial charge >= 0.3 is 0 Å². The monoisotopic (exact) mass is 350 g/mol. The molecule has 6 heteroatoms. The largest absolute Gasteiger partial charge is 0.298 e. The van der Waals surface area contributed by atoms with Crippen LogP contribution in [0.4, 0.5) is 5.13 Å². The minimum atomic E-state index is -0.100. The van der Waals surface area contributed by atoms with Gasteiger partial charge in [0.2, 0.25) is 0 Å². The molecule has 0 atom stereocenters. The van der Waals surface area contributed by atoms with Crippen molar-refractivity contribution in [2.24, 2.45) is 0 Å². The van der Waals surface area contributed by atoms with Crippen LogP contribution >= 0.6 is 11.3 Å². The average Bonchev–Trinajstić information content (AvgIpc) is 3.04. The molecule has 1 N–H and O–H groups in total. The number of hydrogen-bond donors (Lipinski definition) is 1. The Morgan fingerprint density at radius 2 is 2.04 bits per heavy atom. The lowest BCUT2D eigenvalue weighted by Gasteiger charge is -2.08. The first-order valence-corrected chi connectivity index (χ1v) is 9.54. The van der Waals surface area contributed by atoms with Gasteiger partial charge in [0.1, 0.15) is 0 Å². The lowest BCUT2D eigenvalue weighted by Crippen LogP contribution is -2.14. The van der Waals surface area contributed by atoms with E-state index in [1.165, 1.54) is 11.3 Å². The van der Waals surface area contributed by atoms with Crippen LogP contribution in [0.1, 0.15) is 51.8 Å². The molecule has 126 valence electrons. The summed E-state index contributed by atoms with van der Waals surface area (Å²) in [6, 6.07) is 10.0. The molecule has 0 saturated heterocycles. The Morgan fingerprint density at radius 3 is 2.80 bits per heavy atom. The number of fused-ring (bicyclic) bond motifs is 1. The standard InChI is InChI=1S/C19H18N4OS/c24-18(22-19-21-15-7-4-8-16(15)25-19)14-11-20-23(17(14)12-9-10-12)13-5-2-1-3-6-13/h1-3,5-6,11-12H,4,7-10H2,(H,21,22,24). The molecule has 0 spiro atoms. The zero-order valence-corrected chi connectivity index (χ0v) is 14.6. The Balaban J connectivity index is 1.46. The normalized spacial score (nSPS) is 16.0. The Morgan fingerprint density at radius 1 is 1.20 bits per heavy atom. The zero-order chi connectivity index (χ0) is 16.8. The molecule has 25 heavy (non-hydrogen) atoms. The van der Waals surface area contributed by atoms with Gasteiger partial charge in [0.05, 0.1) is 28.8 Å². The van der Waals surface area contributed by atoms with E-state index in [2.05, 4.69) is 15.4 Å². The van der Waals surface area contributed by atoms with Crippen molar-refractivity contribution in [2.75, 3.05) is 5.32 Å². The third kappa shape index (κ3) is 2.66. The number of benzene rings is 1. The molecule has 1 saturated carbocycles. The number of para-hydroxylation sites is 1. The van der Waals surface area contributed by atoms with Crippen molar-refractivity contribution in [1.29, 1.82) is 0 Å².